The number of carbonyl (C=O) groups is 1. The molecule has 23 heavy (non-hydrogen) atoms. The van der Waals surface area contributed by atoms with Crippen molar-refractivity contribution in [2.24, 2.45) is 5.92 Å². The molecule has 0 fully saturated rings. The van der Waals surface area contributed by atoms with Crippen LogP contribution in [0, 0.1) is 17.2 Å². The van der Waals surface area contributed by atoms with Gasteiger partial charge < -0.3 is 5.32 Å². The van der Waals surface area contributed by atoms with Gasteiger partial charge in [-0.05, 0) is 31.2 Å². The molecular weight excluding hydrogens is 330 g/mol. The Bertz CT molecular complexity index is 704. The number of rotatable bonds is 6. The van der Waals surface area contributed by atoms with E-state index in [1.54, 1.807) is 25.2 Å². The fraction of sp³-hybridized carbons (Fsp3) is 0.467. The Morgan fingerprint density at radius 3 is 2.83 bits per heavy atom. The van der Waals surface area contributed by atoms with Crippen molar-refractivity contribution in [2.75, 3.05) is 0 Å². The van der Waals surface area contributed by atoms with Crippen LogP contribution in [-0.2, 0) is 4.79 Å². The van der Waals surface area contributed by atoms with E-state index in [0.717, 1.165) is 4.88 Å². The number of nitrogens with one attached hydrogen (secondary N) is 2. The summed E-state index contributed by atoms with van der Waals surface area (Å²) in [4.78, 5) is 17.7. The SMILES string of the molecule is CC(C)[C@](C)(C#N)NC(=O)[C@@H](C)Sc1n[nH]c(-c2cccs2)n1. The predicted molar refractivity (Wildman–Crippen MR) is 92.0 cm³/mol. The molecule has 0 bridgehead atoms. The minimum Gasteiger partial charge on any atom is -0.337 e. The number of thioether (sulfide) groups is 1. The lowest BCUT2D eigenvalue weighted by atomic mass is 9.90. The van der Waals surface area contributed by atoms with Crippen LogP contribution in [0.4, 0.5) is 0 Å². The van der Waals surface area contributed by atoms with Gasteiger partial charge in [0.2, 0.25) is 11.1 Å². The standard InChI is InChI=1S/C15H19N5OS2/c1-9(2)15(4,8-16)18-13(21)10(3)23-14-17-12(19-20-14)11-6-5-7-22-11/h5-7,9-10H,1-4H3,(H,18,21)(H,17,19,20)/t10-,15+/m1/s1. The van der Waals surface area contributed by atoms with Gasteiger partial charge in [0, 0.05) is 0 Å². The van der Waals surface area contributed by atoms with Crippen LogP contribution < -0.4 is 5.32 Å². The van der Waals surface area contributed by atoms with Crippen LogP contribution in [0.1, 0.15) is 27.7 Å². The molecule has 0 saturated heterocycles. The third-order valence-electron chi connectivity index (χ3n) is 3.64. The summed E-state index contributed by atoms with van der Waals surface area (Å²) in [5.41, 5.74) is -0.882. The molecule has 0 aliphatic rings. The van der Waals surface area contributed by atoms with E-state index in [-0.39, 0.29) is 11.8 Å². The van der Waals surface area contributed by atoms with Crippen molar-refractivity contribution in [2.45, 2.75) is 43.6 Å². The molecule has 2 aromatic rings. The Morgan fingerprint density at radius 1 is 1.52 bits per heavy atom. The van der Waals surface area contributed by atoms with Gasteiger partial charge in [0.25, 0.3) is 0 Å². The summed E-state index contributed by atoms with van der Waals surface area (Å²) in [7, 11) is 0. The number of nitrogens with zero attached hydrogens (tertiary/aromatic N) is 3. The zero-order valence-electron chi connectivity index (χ0n) is 13.5. The first-order valence-corrected chi connectivity index (χ1v) is 8.98. The number of H-pyrrole nitrogens is 1. The number of amides is 1. The summed E-state index contributed by atoms with van der Waals surface area (Å²) < 4.78 is 0. The van der Waals surface area contributed by atoms with E-state index < -0.39 is 10.8 Å². The second-order valence-electron chi connectivity index (χ2n) is 5.66. The number of carbonyl (C=O) groups excluding carboxylic acids is 1. The third-order valence-corrected chi connectivity index (χ3v) is 5.48. The molecule has 0 aromatic carbocycles. The van der Waals surface area contributed by atoms with Crippen molar-refractivity contribution in [3.8, 4) is 16.8 Å². The van der Waals surface area contributed by atoms with Gasteiger partial charge in [-0.2, -0.15) is 5.26 Å². The highest BCUT2D eigenvalue weighted by Crippen LogP contribution is 2.26. The van der Waals surface area contributed by atoms with Crippen molar-refractivity contribution >= 4 is 29.0 Å². The summed E-state index contributed by atoms with van der Waals surface area (Å²) in [5.74, 6) is 0.511. The van der Waals surface area contributed by atoms with E-state index >= 15 is 0 Å². The summed E-state index contributed by atoms with van der Waals surface area (Å²) in [6, 6.07) is 6.07. The van der Waals surface area contributed by atoms with E-state index in [4.69, 9.17) is 0 Å². The molecule has 0 radical (unpaired) electrons. The summed E-state index contributed by atoms with van der Waals surface area (Å²) in [6.07, 6.45) is 0. The maximum atomic E-state index is 12.3. The van der Waals surface area contributed by atoms with Gasteiger partial charge >= 0.3 is 0 Å². The Balaban J connectivity index is 2.00. The summed E-state index contributed by atoms with van der Waals surface area (Å²) in [5, 5.41) is 21.2. The molecule has 0 saturated carbocycles. The first-order chi connectivity index (χ1) is 10.9. The molecule has 0 aliphatic heterocycles. The van der Waals surface area contributed by atoms with Crippen molar-refractivity contribution < 1.29 is 4.79 Å². The maximum absolute atomic E-state index is 12.3. The predicted octanol–water partition coefficient (Wildman–Crippen LogP) is 3.07. The molecule has 2 N–H and O–H groups in total. The highest BCUT2D eigenvalue weighted by molar-refractivity contribution is 8.00. The normalized spacial score (nSPS) is 15.0. The number of aromatic amines is 1. The Hall–Kier alpha value is -1.85. The molecule has 2 rings (SSSR count). The van der Waals surface area contributed by atoms with Gasteiger partial charge in [-0.15, -0.1) is 16.4 Å². The fourth-order valence-electron chi connectivity index (χ4n) is 1.69. The largest absolute Gasteiger partial charge is 0.337 e. The fourth-order valence-corrected chi connectivity index (χ4v) is 3.08. The molecular formula is C15H19N5OS2. The van der Waals surface area contributed by atoms with Gasteiger partial charge in [-0.1, -0.05) is 31.7 Å². The smallest absolute Gasteiger partial charge is 0.234 e. The van der Waals surface area contributed by atoms with Gasteiger partial charge in [-0.3, -0.25) is 9.89 Å². The Morgan fingerprint density at radius 2 is 2.26 bits per heavy atom. The zero-order valence-corrected chi connectivity index (χ0v) is 15.1. The maximum Gasteiger partial charge on any atom is 0.234 e. The topological polar surface area (TPSA) is 94.5 Å². The number of aromatic nitrogens is 3. The van der Waals surface area contributed by atoms with E-state index in [0.29, 0.717) is 11.0 Å². The monoisotopic (exact) mass is 349 g/mol. The second-order valence-corrected chi connectivity index (χ2v) is 7.92. The minimum absolute atomic E-state index is 0.0163. The number of nitriles is 1. The molecule has 2 atom stereocenters. The van der Waals surface area contributed by atoms with Crippen molar-refractivity contribution in [1.82, 2.24) is 20.5 Å². The van der Waals surface area contributed by atoms with E-state index in [1.165, 1.54) is 11.8 Å². The Labute approximate surface area is 143 Å². The van der Waals surface area contributed by atoms with Gasteiger partial charge in [-0.25, -0.2) is 4.98 Å². The van der Waals surface area contributed by atoms with Crippen LogP contribution in [-0.4, -0.2) is 31.9 Å². The number of thiophene rings is 1. The molecule has 2 aromatic heterocycles. The van der Waals surface area contributed by atoms with Crippen molar-refractivity contribution in [1.29, 1.82) is 5.26 Å². The minimum atomic E-state index is -0.882. The molecule has 2 heterocycles. The number of hydrogen-bond donors (Lipinski definition) is 2. The van der Waals surface area contributed by atoms with E-state index in [2.05, 4.69) is 26.6 Å². The zero-order chi connectivity index (χ0) is 17.0. The van der Waals surface area contributed by atoms with Crippen molar-refractivity contribution in [3.05, 3.63) is 17.5 Å². The molecule has 1 amide bonds. The highest BCUT2D eigenvalue weighted by atomic mass is 32.2. The van der Waals surface area contributed by atoms with Gasteiger partial charge in [0.1, 0.15) is 5.54 Å². The molecule has 0 spiro atoms. The molecule has 6 nitrogen and oxygen atoms in total. The lowest BCUT2D eigenvalue weighted by Gasteiger charge is -2.28. The first kappa shape index (κ1) is 17.5. The van der Waals surface area contributed by atoms with Crippen LogP contribution in [0.3, 0.4) is 0 Å². The lowest BCUT2D eigenvalue weighted by Crippen LogP contribution is -2.51. The van der Waals surface area contributed by atoms with Crippen LogP contribution in [0.2, 0.25) is 0 Å². The van der Waals surface area contributed by atoms with Crippen LogP contribution in [0.25, 0.3) is 10.7 Å². The van der Waals surface area contributed by atoms with Gasteiger partial charge in [0.15, 0.2) is 5.82 Å². The number of hydrogen-bond acceptors (Lipinski definition) is 6. The van der Waals surface area contributed by atoms with Crippen LogP contribution in [0.5, 0.6) is 0 Å². The third kappa shape index (κ3) is 4.12. The molecule has 122 valence electrons. The second kappa shape index (κ2) is 7.15. The Kier molecular flexibility index (Phi) is 5.44. The molecule has 8 heteroatoms. The quantitative estimate of drug-likeness (QED) is 0.782. The van der Waals surface area contributed by atoms with E-state index in [9.17, 15) is 10.1 Å². The summed E-state index contributed by atoms with van der Waals surface area (Å²) in [6.45, 7) is 7.32. The average Bonchev–Trinajstić information content (AvgIpc) is 3.17. The average molecular weight is 349 g/mol. The molecule has 0 unspecified atom stereocenters. The van der Waals surface area contributed by atoms with Crippen molar-refractivity contribution in [3.63, 3.8) is 0 Å². The lowest BCUT2D eigenvalue weighted by molar-refractivity contribution is -0.121. The summed E-state index contributed by atoms with van der Waals surface area (Å²) >= 11 is 2.83. The van der Waals surface area contributed by atoms with Gasteiger partial charge in [0.05, 0.1) is 16.2 Å². The van der Waals surface area contributed by atoms with Crippen LogP contribution >= 0.6 is 23.1 Å². The highest BCUT2D eigenvalue weighted by Gasteiger charge is 2.32. The molecule has 0 aliphatic carbocycles. The first-order valence-electron chi connectivity index (χ1n) is 7.22. The van der Waals surface area contributed by atoms with E-state index in [1.807, 2.05) is 31.4 Å². The van der Waals surface area contributed by atoms with Crippen LogP contribution in [0.15, 0.2) is 22.7 Å².